The fourth-order valence-corrected chi connectivity index (χ4v) is 2.93. The van der Waals surface area contributed by atoms with Gasteiger partial charge in [-0.25, -0.2) is 0 Å². The van der Waals surface area contributed by atoms with Crippen LogP contribution in [-0.2, 0) is 6.42 Å². The van der Waals surface area contributed by atoms with Crippen LogP contribution in [0.3, 0.4) is 0 Å². The first kappa shape index (κ1) is 13.5. The van der Waals surface area contributed by atoms with E-state index in [0.29, 0.717) is 12.3 Å². The molecule has 0 atom stereocenters. The molecular formula is C15H15BrOS. The Morgan fingerprint density at radius 2 is 1.94 bits per heavy atom. The molecule has 0 aliphatic rings. The van der Waals surface area contributed by atoms with Gasteiger partial charge in [0.25, 0.3) is 0 Å². The zero-order valence-corrected chi connectivity index (χ0v) is 12.8. The Balaban J connectivity index is 2.07. The maximum Gasteiger partial charge on any atom is 0.168 e. The molecular weight excluding hydrogens is 308 g/mol. The second kappa shape index (κ2) is 5.81. The van der Waals surface area contributed by atoms with E-state index in [1.165, 1.54) is 5.56 Å². The largest absolute Gasteiger partial charge is 0.294 e. The molecule has 3 heteroatoms. The lowest BCUT2D eigenvalue weighted by Gasteiger charge is -2.06. The molecule has 2 rings (SSSR count). The zero-order chi connectivity index (χ0) is 13.1. The standard InChI is InChI=1S/C15H15BrOS/c1-10(2)12-5-3-11(4-6-12)7-14(17)13-8-15(16)18-9-13/h3-6,8-10H,7H2,1-2H3. The maximum absolute atomic E-state index is 12.0. The normalized spacial score (nSPS) is 10.9. The zero-order valence-electron chi connectivity index (χ0n) is 10.4. The molecule has 0 amide bonds. The Bertz CT molecular complexity index is 540. The average molecular weight is 323 g/mol. The van der Waals surface area contributed by atoms with E-state index in [4.69, 9.17) is 0 Å². The number of halogens is 1. The average Bonchev–Trinajstić information content (AvgIpc) is 2.76. The topological polar surface area (TPSA) is 17.1 Å². The number of Topliss-reactive ketones (excluding diaryl/α,β-unsaturated/α-hetero) is 1. The third-order valence-electron chi connectivity index (χ3n) is 2.90. The van der Waals surface area contributed by atoms with Crippen LogP contribution in [0.4, 0.5) is 0 Å². The molecule has 1 nitrogen and oxygen atoms in total. The second-order valence-corrected chi connectivity index (χ2v) is 6.93. The monoisotopic (exact) mass is 322 g/mol. The van der Waals surface area contributed by atoms with Crippen LogP contribution in [0.2, 0.25) is 0 Å². The van der Waals surface area contributed by atoms with Crippen LogP contribution in [-0.4, -0.2) is 5.78 Å². The summed E-state index contributed by atoms with van der Waals surface area (Å²) < 4.78 is 1.00. The summed E-state index contributed by atoms with van der Waals surface area (Å²) in [5, 5.41) is 1.90. The Labute approximate surface area is 120 Å². The van der Waals surface area contributed by atoms with E-state index in [1.807, 2.05) is 11.4 Å². The molecule has 0 aliphatic carbocycles. The van der Waals surface area contributed by atoms with Crippen molar-refractivity contribution in [1.82, 2.24) is 0 Å². The molecule has 0 saturated heterocycles. The number of carbonyl (C=O) groups excluding carboxylic acids is 1. The molecule has 0 unspecified atom stereocenters. The lowest BCUT2D eigenvalue weighted by Crippen LogP contribution is -2.02. The number of carbonyl (C=O) groups is 1. The molecule has 94 valence electrons. The molecule has 1 heterocycles. The molecule has 0 N–H and O–H groups in total. The molecule has 0 saturated carbocycles. The summed E-state index contributed by atoms with van der Waals surface area (Å²) >= 11 is 4.92. The van der Waals surface area contributed by atoms with Gasteiger partial charge in [-0.15, -0.1) is 11.3 Å². The molecule has 1 aromatic heterocycles. The highest BCUT2D eigenvalue weighted by Crippen LogP contribution is 2.22. The minimum absolute atomic E-state index is 0.175. The van der Waals surface area contributed by atoms with Gasteiger partial charge in [-0.05, 0) is 39.0 Å². The second-order valence-electron chi connectivity index (χ2n) is 4.64. The van der Waals surface area contributed by atoms with E-state index >= 15 is 0 Å². The highest BCUT2D eigenvalue weighted by atomic mass is 79.9. The summed E-state index contributed by atoms with van der Waals surface area (Å²) in [6.07, 6.45) is 0.474. The van der Waals surface area contributed by atoms with Crippen LogP contribution < -0.4 is 0 Å². The first-order valence-corrected chi connectivity index (χ1v) is 7.59. The van der Waals surface area contributed by atoms with Gasteiger partial charge in [-0.3, -0.25) is 4.79 Å². The summed E-state index contributed by atoms with van der Waals surface area (Å²) in [5.41, 5.74) is 3.18. The van der Waals surface area contributed by atoms with Crippen molar-refractivity contribution in [3.8, 4) is 0 Å². The van der Waals surface area contributed by atoms with Gasteiger partial charge in [0, 0.05) is 17.4 Å². The van der Waals surface area contributed by atoms with Crippen molar-refractivity contribution in [1.29, 1.82) is 0 Å². The number of hydrogen-bond donors (Lipinski definition) is 0. The van der Waals surface area contributed by atoms with Crippen LogP contribution >= 0.6 is 27.3 Å². The lowest BCUT2D eigenvalue weighted by molar-refractivity contribution is 0.0993. The summed E-state index contributed by atoms with van der Waals surface area (Å²) in [7, 11) is 0. The number of hydrogen-bond acceptors (Lipinski definition) is 2. The minimum atomic E-state index is 0.175. The van der Waals surface area contributed by atoms with Crippen molar-refractivity contribution in [2.24, 2.45) is 0 Å². The quantitative estimate of drug-likeness (QED) is 0.719. The van der Waals surface area contributed by atoms with Gasteiger partial charge in [-0.1, -0.05) is 38.1 Å². The summed E-state index contributed by atoms with van der Waals surface area (Å²) in [5.74, 6) is 0.705. The third-order valence-corrected chi connectivity index (χ3v) is 4.40. The van der Waals surface area contributed by atoms with Crippen molar-refractivity contribution in [3.63, 3.8) is 0 Å². The number of rotatable bonds is 4. The van der Waals surface area contributed by atoms with Gasteiger partial charge in [0.2, 0.25) is 0 Å². The number of benzene rings is 1. The molecule has 0 bridgehead atoms. The number of thiophene rings is 1. The van der Waals surface area contributed by atoms with Crippen molar-refractivity contribution < 1.29 is 4.79 Å². The van der Waals surface area contributed by atoms with Gasteiger partial charge in [0.15, 0.2) is 5.78 Å². The molecule has 0 fully saturated rings. The molecule has 0 aliphatic heterocycles. The van der Waals surface area contributed by atoms with E-state index in [-0.39, 0.29) is 5.78 Å². The van der Waals surface area contributed by atoms with E-state index in [1.54, 1.807) is 11.3 Å². The fraction of sp³-hybridized carbons (Fsp3) is 0.267. The van der Waals surface area contributed by atoms with E-state index in [2.05, 4.69) is 54.0 Å². The van der Waals surface area contributed by atoms with Crippen LogP contribution in [0.25, 0.3) is 0 Å². The van der Waals surface area contributed by atoms with Crippen molar-refractivity contribution in [2.45, 2.75) is 26.2 Å². The molecule has 1 aromatic carbocycles. The van der Waals surface area contributed by atoms with Crippen LogP contribution in [0.1, 0.15) is 41.3 Å². The van der Waals surface area contributed by atoms with Gasteiger partial charge in [0.1, 0.15) is 0 Å². The van der Waals surface area contributed by atoms with E-state index in [0.717, 1.165) is 14.9 Å². The van der Waals surface area contributed by atoms with Gasteiger partial charge < -0.3 is 0 Å². The first-order chi connectivity index (χ1) is 8.56. The van der Waals surface area contributed by atoms with Crippen molar-refractivity contribution in [2.75, 3.05) is 0 Å². The van der Waals surface area contributed by atoms with Gasteiger partial charge >= 0.3 is 0 Å². The molecule has 0 spiro atoms. The molecule has 2 aromatic rings. The smallest absolute Gasteiger partial charge is 0.168 e. The van der Waals surface area contributed by atoms with E-state index < -0.39 is 0 Å². The Morgan fingerprint density at radius 1 is 1.28 bits per heavy atom. The first-order valence-electron chi connectivity index (χ1n) is 5.92. The molecule has 0 radical (unpaired) electrons. The predicted octanol–water partition coefficient (Wildman–Crippen LogP) is 5.06. The highest BCUT2D eigenvalue weighted by Gasteiger charge is 2.09. The van der Waals surface area contributed by atoms with Crippen molar-refractivity contribution in [3.05, 3.63) is 56.2 Å². The predicted molar refractivity (Wildman–Crippen MR) is 80.6 cm³/mol. The highest BCUT2D eigenvalue weighted by molar-refractivity contribution is 9.11. The van der Waals surface area contributed by atoms with Crippen LogP contribution in [0, 0.1) is 0 Å². The Kier molecular flexibility index (Phi) is 4.36. The van der Waals surface area contributed by atoms with E-state index in [9.17, 15) is 4.79 Å². The van der Waals surface area contributed by atoms with Crippen LogP contribution in [0.5, 0.6) is 0 Å². The summed E-state index contributed by atoms with van der Waals surface area (Å²) in [6, 6.07) is 10.2. The minimum Gasteiger partial charge on any atom is -0.294 e. The fourth-order valence-electron chi connectivity index (χ4n) is 1.76. The van der Waals surface area contributed by atoms with Gasteiger partial charge in [0.05, 0.1) is 3.79 Å². The maximum atomic E-state index is 12.0. The van der Waals surface area contributed by atoms with Crippen LogP contribution in [0.15, 0.2) is 39.5 Å². The SMILES string of the molecule is CC(C)c1ccc(CC(=O)c2csc(Br)c2)cc1. The van der Waals surface area contributed by atoms with Crippen molar-refractivity contribution >= 4 is 33.0 Å². The number of ketones is 1. The Morgan fingerprint density at radius 3 is 2.44 bits per heavy atom. The van der Waals surface area contributed by atoms with Gasteiger partial charge in [-0.2, -0.15) is 0 Å². The molecule has 18 heavy (non-hydrogen) atoms. The summed E-state index contributed by atoms with van der Waals surface area (Å²) in [6.45, 7) is 4.34. The lowest BCUT2D eigenvalue weighted by atomic mass is 9.99. The third kappa shape index (κ3) is 3.30. The Hall–Kier alpha value is -0.930. The summed E-state index contributed by atoms with van der Waals surface area (Å²) in [4.78, 5) is 12.0.